The van der Waals surface area contributed by atoms with Crippen LogP contribution in [0.25, 0.3) is 5.76 Å². The predicted octanol–water partition coefficient (Wildman–Crippen LogP) is 4.14. The zero-order chi connectivity index (χ0) is 15.1. The minimum Gasteiger partial charge on any atom is -0.493 e. The molecular formula is C17H24O3. The number of hydrogen-bond acceptors (Lipinski definition) is 3. The lowest BCUT2D eigenvalue weighted by molar-refractivity contribution is 0.0458. The Kier molecular flexibility index (Phi) is 6.29. The monoisotopic (exact) mass is 276 g/mol. The highest BCUT2D eigenvalue weighted by molar-refractivity contribution is 5.94. The molecule has 1 aromatic rings. The maximum atomic E-state index is 12.1. The van der Waals surface area contributed by atoms with Crippen molar-refractivity contribution in [2.24, 2.45) is 11.8 Å². The summed E-state index contributed by atoms with van der Waals surface area (Å²) < 4.78 is 10.9. The summed E-state index contributed by atoms with van der Waals surface area (Å²) in [5.74, 6) is 0.901. The van der Waals surface area contributed by atoms with Gasteiger partial charge in [-0.3, -0.25) is 0 Å². The first kappa shape index (κ1) is 16.3. The van der Waals surface area contributed by atoms with Crippen LogP contribution >= 0.6 is 0 Å². The van der Waals surface area contributed by atoms with Crippen LogP contribution in [0.1, 0.15) is 43.6 Å². The normalized spacial score (nSPS) is 10.7. The molecule has 0 bridgehead atoms. The first-order valence-electron chi connectivity index (χ1n) is 7.00. The van der Waals surface area contributed by atoms with Crippen LogP contribution in [0.5, 0.6) is 0 Å². The molecule has 0 atom stereocenters. The smallest absolute Gasteiger partial charge is 0.338 e. The van der Waals surface area contributed by atoms with Gasteiger partial charge in [-0.15, -0.1) is 0 Å². The molecule has 0 N–H and O–H groups in total. The molecule has 0 spiro atoms. The highest BCUT2D eigenvalue weighted by Gasteiger charge is 2.15. The van der Waals surface area contributed by atoms with Crippen LogP contribution in [0.15, 0.2) is 30.8 Å². The number of ether oxygens (including phenoxy) is 2. The van der Waals surface area contributed by atoms with E-state index in [0.717, 1.165) is 0 Å². The number of carbonyl (C=O) groups is 1. The van der Waals surface area contributed by atoms with Gasteiger partial charge in [0.05, 0.1) is 18.8 Å². The van der Waals surface area contributed by atoms with E-state index in [1.54, 1.807) is 6.07 Å². The molecule has 1 aromatic carbocycles. The second-order valence-electron chi connectivity index (χ2n) is 5.67. The molecule has 0 saturated carbocycles. The molecule has 3 heteroatoms. The third-order valence-electron chi connectivity index (χ3n) is 2.59. The molecule has 1 rings (SSSR count). The van der Waals surface area contributed by atoms with E-state index < -0.39 is 0 Å². The van der Waals surface area contributed by atoms with Gasteiger partial charge in [-0.1, -0.05) is 52.5 Å². The molecular weight excluding hydrogens is 252 g/mol. The van der Waals surface area contributed by atoms with Crippen molar-refractivity contribution in [3.05, 3.63) is 42.0 Å². The van der Waals surface area contributed by atoms with E-state index in [2.05, 4.69) is 20.4 Å². The van der Waals surface area contributed by atoms with Gasteiger partial charge in [-0.25, -0.2) is 4.79 Å². The van der Waals surface area contributed by atoms with E-state index in [1.165, 1.54) is 0 Å². The summed E-state index contributed by atoms with van der Waals surface area (Å²) in [4.78, 5) is 12.1. The maximum Gasteiger partial charge on any atom is 0.338 e. The number of rotatable bonds is 7. The Bertz CT molecular complexity index is 418. The summed E-state index contributed by atoms with van der Waals surface area (Å²) in [5, 5.41) is 0. The lowest BCUT2D eigenvalue weighted by atomic mass is 10.1. The van der Waals surface area contributed by atoms with Gasteiger partial charge in [0.1, 0.15) is 5.76 Å². The van der Waals surface area contributed by atoms with Gasteiger partial charge in [0.2, 0.25) is 0 Å². The first-order valence-corrected chi connectivity index (χ1v) is 7.00. The molecule has 0 fully saturated rings. The van der Waals surface area contributed by atoms with Crippen molar-refractivity contribution in [3.63, 3.8) is 0 Å². The van der Waals surface area contributed by atoms with Gasteiger partial charge < -0.3 is 9.47 Å². The zero-order valence-electron chi connectivity index (χ0n) is 12.8. The highest BCUT2D eigenvalue weighted by Crippen LogP contribution is 2.20. The number of carbonyl (C=O) groups excluding carboxylic acids is 1. The van der Waals surface area contributed by atoms with Crippen LogP contribution in [0.2, 0.25) is 0 Å². The van der Waals surface area contributed by atoms with E-state index in [0.29, 0.717) is 41.9 Å². The van der Waals surface area contributed by atoms with Crippen molar-refractivity contribution < 1.29 is 14.3 Å². The molecule has 0 unspecified atom stereocenters. The molecule has 0 aliphatic rings. The van der Waals surface area contributed by atoms with E-state index in [-0.39, 0.29) is 5.97 Å². The number of esters is 1. The molecule has 0 aromatic heterocycles. The molecule has 0 aliphatic heterocycles. The Morgan fingerprint density at radius 1 is 1.00 bits per heavy atom. The van der Waals surface area contributed by atoms with Gasteiger partial charge >= 0.3 is 5.97 Å². The van der Waals surface area contributed by atoms with Crippen molar-refractivity contribution in [1.29, 1.82) is 0 Å². The van der Waals surface area contributed by atoms with Crippen LogP contribution in [0.3, 0.4) is 0 Å². The summed E-state index contributed by atoms with van der Waals surface area (Å²) in [6, 6.07) is 7.24. The zero-order valence-corrected chi connectivity index (χ0v) is 12.8. The lowest BCUT2D eigenvalue weighted by Crippen LogP contribution is -2.12. The molecule has 20 heavy (non-hydrogen) atoms. The third-order valence-corrected chi connectivity index (χ3v) is 2.59. The Hall–Kier alpha value is -1.77. The van der Waals surface area contributed by atoms with Gasteiger partial charge in [0, 0.05) is 5.56 Å². The molecule has 110 valence electrons. The number of hydrogen-bond donors (Lipinski definition) is 0. The second kappa shape index (κ2) is 7.73. The van der Waals surface area contributed by atoms with Crippen LogP contribution in [-0.2, 0) is 9.47 Å². The largest absolute Gasteiger partial charge is 0.493 e. The predicted molar refractivity (Wildman–Crippen MR) is 81.4 cm³/mol. The highest BCUT2D eigenvalue weighted by atomic mass is 16.5. The summed E-state index contributed by atoms with van der Waals surface area (Å²) >= 11 is 0. The third kappa shape index (κ3) is 5.08. The maximum absolute atomic E-state index is 12.1. The Labute approximate surface area is 121 Å². The van der Waals surface area contributed by atoms with E-state index in [4.69, 9.17) is 9.47 Å². The molecule has 0 radical (unpaired) electrons. The Balaban J connectivity index is 2.82. The van der Waals surface area contributed by atoms with Crippen molar-refractivity contribution in [1.82, 2.24) is 0 Å². The number of benzene rings is 1. The average molecular weight is 276 g/mol. The fraction of sp³-hybridized carbons (Fsp3) is 0.471. The van der Waals surface area contributed by atoms with Crippen molar-refractivity contribution in [3.8, 4) is 0 Å². The minimum atomic E-state index is -0.330. The minimum absolute atomic E-state index is 0.312. The van der Waals surface area contributed by atoms with Crippen molar-refractivity contribution in [2.75, 3.05) is 13.2 Å². The molecule has 0 aliphatic carbocycles. The van der Waals surface area contributed by atoms with Crippen molar-refractivity contribution in [2.45, 2.75) is 27.7 Å². The fourth-order valence-electron chi connectivity index (χ4n) is 1.57. The van der Waals surface area contributed by atoms with Gasteiger partial charge in [-0.2, -0.15) is 0 Å². The second-order valence-corrected chi connectivity index (χ2v) is 5.67. The average Bonchev–Trinajstić information content (AvgIpc) is 2.42. The van der Waals surface area contributed by atoms with Crippen LogP contribution < -0.4 is 0 Å². The van der Waals surface area contributed by atoms with E-state index >= 15 is 0 Å². The van der Waals surface area contributed by atoms with Gasteiger partial charge in [0.25, 0.3) is 0 Å². The summed E-state index contributed by atoms with van der Waals surface area (Å²) in [5.41, 5.74) is 1.20. The molecule has 0 saturated heterocycles. The standard InChI is InChI=1S/C17H24O3/c1-12(2)10-19-14(5)15-8-6-7-9-16(15)17(18)20-11-13(3)4/h6-9,12-13H,5,10-11H2,1-4H3. The topological polar surface area (TPSA) is 35.5 Å². The lowest BCUT2D eigenvalue weighted by Gasteiger charge is -2.14. The summed E-state index contributed by atoms with van der Waals surface area (Å²) in [7, 11) is 0. The van der Waals surface area contributed by atoms with Gasteiger partial charge in [-0.05, 0) is 17.9 Å². The fourth-order valence-corrected chi connectivity index (χ4v) is 1.57. The van der Waals surface area contributed by atoms with Crippen LogP contribution in [-0.4, -0.2) is 19.2 Å². The van der Waals surface area contributed by atoms with Crippen LogP contribution in [0, 0.1) is 11.8 Å². The molecule has 3 nitrogen and oxygen atoms in total. The summed E-state index contributed by atoms with van der Waals surface area (Å²) in [6.07, 6.45) is 0. The van der Waals surface area contributed by atoms with Crippen LogP contribution in [0.4, 0.5) is 0 Å². The molecule has 0 heterocycles. The van der Waals surface area contributed by atoms with Crippen molar-refractivity contribution >= 4 is 11.7 Å². The Morgan fingerprint density at radius 2 is 1.50 bits per heavy atom. The van der Waals surface area contributed by atoms with E-state index in [9.17, 15) is 4.79 Å². The van der Waals surface area contributed by atoms with E-state index in [1.807, 2.05) is 32.0 Å². The Morgan fingerprint density at radius 3 is 2.05 bits per heavy atom. The summed E-state index contributed by atoms with van der Waals surface area (Å²) in [6.45, 7) is 13.0. The SMILES string of the molecule is C=C(OCC(C)C)c1ccccc1C(=O)OCC(C)C. The van der Waals surface area contributed by atoms with Gasteiger partial charge in [0.15, 0.2) is 0 Å². The first-order chi connectivity index (χ1) is 9.41. The molecule has 0 amide bonds. The quantitative estimate of drug-likeness (QED) is 0.554.